The standard InChI is InChI=1S/C22H23NO6S/c1-27-16-7-5-4-6-15(16)19-20(30-11-10-24)22(26)23(21(19)25)13-14-8-9-17(28-2)18(12-14)29-3/h4-9,12,24H,10-11,13H2,1-3H3. The highest BCUT2D eigenvalue weighted by molar-refractivity contribution is 8.04. The van der Waals surface area contributed by atoms with Gasteiger partial charge in [0, 0.05) is 11.3 Å². The van der Waals surface area contributed by atoms with Gasteiger partial charge in [-0.05, 0) is 23.8 Å². The van der Waals surface area contributed by atoms with E-state index in [2.05, 4.69) is 0 Å². The number of hydrogen-bond donors (Lipinski definition) is 1. The second kappa shape index (κ2) is 9.69. The largest absolute Gasteiger partial charge is 0.496 e. The minimum absolute atomic E-state index is 0.0832. The van der Waals surface area contributed by atoms with Gasteiger partial charge < -0.3 is 19.3 Å². The number of nitrogens with zero attached hydrogens (tertiary/aromatic N) is 1. The summed E-state index contributed by atoms with van der Waals surface area (Å²) in [7, 11) is 4.58. The van der Waals surface area contributed by atoms with Gasteiger partial charge in [0.15, 0.2) is 11.5 Å². The van der Waals surface area contributed by atoms with Crippen molar-refractivity contribution >= 4 is 29.1 Å². The van der Waals surface area contributed by atoms with Crippen molar-refractivity contribution in [2.75, 3.05) is 33.7 Å². The highest BCUT2D eigenvalue weighted by Crippen LogP contribution is 2.40. The Morgan fingerprint density at radius 1 is 0.900 bits per heavy atom. The third-order valence-corrected chi connectivity index (χ3v) is 5.68. The van der Waals surface area contributed by atoms with E-state index in [4.69, 9.17) is 14.2 Å². The van der Waals surface area contributed by atoms with Gasteiger partial charge in [0.05, 0.1) is 45.0 Å². The molecule has 7 nitrogen and oxygen atoms in total. The third-order valence-electron chi connectivity index (χ3n) is 4.63. The van der Waals surface area contributed by atoms with Crippen molar-refractivity contribution < 1.29 is 28.9 Å². The Labute approximate surface area is 179 Å². The Bertz CT molecular complexity index is 987. The molecule has 1 aliphatic heterocycles. The molecule has 1 aliphatic rings. The summed E-state index contributed by atoms with van der Waals surface area (Å²) >= 11 is 1.16. The fourth-order valence-electron chi connectivity index (χ4n) is 3.23. The maximum atomic E-state index is 13.3. The number of thioether (sulfide) groups is 1. The monoisotopic (exact) mass is 429 g/mol. The number of benzene rings is 2. The Kier molecular flexibility index (Phi) is 7.02. The number of carbonyl (C=O) groups excluding carboxylic acids is 2. The molecule has 158 valence electrons. The van der Waals surface area contributed by atoms with Crippen LogP contribution in [0.15, 0.2) is 47.4 Å². The molecule has 0 radical (unpaired) electrons. The molecule has 2 amide bonds. The molecule has 0 saturated carbocycles. The molecule has 3 rings (SSSR count). The number of imide groups is 1. The summed E-state index contributed by atoms with van der Waals surface area (Å²) in [4.78, 5) is 27.9. The Balaban J connectivity index is 1.98. The number of para-hydroxylation sites is 1. The molecule has 0 unspecified atom stereocenters. The van der Waals surface area contributed by atoms with Crippen LogP contribution < -0.4 is 14.2 Å². The van der Waals surface area contributed by atoms with Crippen molar-refractivity contribution in [3.05, 3.63) is 58.5 Å². The van der Waals surface area contributed by atoms with Gasteiger partial charge in [-0.15, -0.1) is 11.8 Å². The average molecular weight is 429 g/mol. The van der Waals surface area contributed by atoms with Crippen LogP contribution in [-0.4, -0.2) is 55.5 Å². The number of rotatable bonds is 9. The molecule has 1 heterocycles. The predicted octanol–water partition coefficient (Wildman–Crippen LogP) is 2.72. The third kappa shape index (κ3) is 4.15. The van der Waals surface area contributed by atoms with Crippen molar-refractivity contribution in [2.45, 2.75) is 6.54 Å². The van der Waals surface area contributed by atoms with Crippen LogP contribution in [-0.2, 0) is 16.1 Å². The second-order valence-corrected chi connectivity index (χ2v) is 7.47. The van der Waals surface area contributed by atoms with Gasteiger partial charge in [-0.3, -0.25) is 14.5 Å². The predicted molar refractivity (Wildman–Crippen MR) is 115 cm³/mol. The fraction of sp³-hybridized carbons (Fsp3) is 0.273. The zero-order valence-corrected chi connectivity index (χ0v) is 17.8. The zero-order valence-electron chi connectivity index (χ0n) is 17.0. The Morgan fingerprint density at radius 3 is 2.27 bits per heavy atom. The highest BCUT2D eigenvalue weighted by Gasteiger charge is 2.40. The van der Waals surface area contributed by atoms with E-state index >= 15 is 0 Å². The summed E-state index contributed by atoms with van der Waals surface area (Å²) in [6.07, 6.45) is 0. The lowest BCUT2D eigenvalue weighted by Crippen LogP contribution is -2.31. The topological polar surface area (TPSA) is 85.3 Å². The molecular formula is C22H23NO6S. The average Bonchev–Trinajstić information content (AvgIpc) is 3.01. The van der Waals surface area contributed by atoms with Crippen LogP contribution in [0.3, 0.4) is 0 Å². The first-order valence-electron chi connectivity index (χ1n) is 9.24. The molecule has 2 aromatic carbocycles. The lowest BCUT2D eigenvalue weighted by molar-refractivity contribution is -0.137. The molecular weight excluding hydrogens is 406 g/mol. The summed E-state index contributed by atoms with van der Waals surface area (Å²) < 4.78 is 16.0. The van der Waals surface area contributed by atoms with Gasteiger partial charge in [-0.2, -0.15) is 0 Å². The van der Waals surface area contributed by atoms with Crippen molar-refractivity contribution in [2.24, 2.45) is 0 Å². The molecule has 8 heteroatoms. The normalized spacial score (nSPS) is 13.8. The van der Waals surface area contributed by atoms with Crippen molar-refractivity contribution in [1.29, 1.82) is 0 Å². The fourth-order valence-corrected chi connectivity index (χ4v) is 4.10. The molecule has 2 aromatic rings. The van der Waals surface area contributed by atoms with Gasteiger partial charge in [0.1, 0.15) is 5.75 Å². The van der Waals surface area contributed by atoms with Crippen molar-refractivity contribution in [1.82, 2.24) is 4.90 Å². The van der Waals surface area contributed by atoms with Gasteiger partial charge in [-0.1, -0.05) is 24.3 Å². The van der Waals surface area contributed by atoms with Gasteiger partial charge in [0.2, 0.25) is 0 Å². The molecule has 0 aliphatic carbocycles. The smallest absolute Gasteiger partial charge is 0.268 e. The zero-order chi connectivity index (χ0) is 21.7. The lowest BCUT2D eigenvalue weighted by atomic mass is 10.0. The van der Waals surface area contributed by atoms with Crippen LogP contribution in [0.5, 0.6) is 17.2 Å². The maximum absolute atomic E-state index is 13.3. The number of ether oxygens (including phenoxy) is 3. The first-order valence-corrected chi connectivity index (χ1v) is 10.2. The lowest BCUT2D eigenvalue weighted by Gasteiger charge is -2.17. The summed E-state index contributed by atoms with van der Waals surface area (Å²) in [5.41, 5.74) is 1.56. The van der Waals surface area contributed by atoms with E-state index in [1.807, 2.05) is 0 Å². The van der Waals surface area contributed by atoms with Crippen LogP contribution in [0, 0.1) is 0 Å². The Morgan fingerprint density at radius 2 is 1.60 bits per heavy atom. The van der Waals surface area contributed by atoms with Crippen LogP contribution in [0.1, 0.15) is 11.1 Å². The molecule has 0 saturated heterocycles. The summed E-state index contributed by atoms with van der Waals surface area (Å²) in [6, 6.07) is 12.3. The van der Waals surface area contributed by atoms with Gasteiger partial charge in [-0.25, -0.2) is 0 Å². The Hall–Kier alpha value is -2.97. The van der Waals surface area contributed by atoms with E-state index in [-0.39, 0.29) is 18.7 Å². The van der Waals surface area contributed by atoms with E-state index in [1.54, 1.807) is 49.6 Å². The molecule has 1 N–H and O–H groups in total. The number of methoxy groups -OCH3 is 3. The second-order valence-electron chi connectivity index (χ2n) is 6.36. The first-order chi connectivity index (χ1) is 14.5. The number of aliphatic hydroxyl groups excluding tert-OH is 1. The van der Waals surface area contributed by atoms with E-state index in [0.29, 0.717) is 33.5 Å². The SMILES string of the molecule is COc1ccc(CN2C(=O)C(SCCO)=C(c3ccccc3OC)C2=O)cc1OC. The maximum Gasteiger partial charge on any atom is 0.268 e. The van der Waals surface area contributed by atoms with Gasteiger partial charge in [0.25, 0.3) is 11.8 Å². The van der Waals surface area contributed by atoms with Crippen molar-refractivity contribution in [3.63, 3.8) is 0 Å². The minimum atomic E-state index is -0.403. The first kappa shape index (κ1) is 21.7. The summed E-state index contributed by atoms with van der Waals surface area (Å²) in [5, 5.41) is 9.24. The van der Waals surface area contributed by atoms with Crippen molar-refractivity contribution in [3.8, 4) is 17.2 Å². The number of hydrogen-bond acceptors (Lipinski definition) is 7. The minimum Gasteiger partial charge on any atom is -0.496 e. The molecule has 0 aromatic heterocycles. The van der Waals surface area contributed by atoms with E-state index in [9.17, 15) is 14.7 Å². The number of amides is 2. The van der Waals surface area contributed by atoms with Crippen LogP contribution in [0.2, 0.25) is 0 Å². The van der Waals surface area contributed by atoms with E-state index < -0.39 is 11.8 Å². The highest BCUT2D eigenvalue weighted by atomic mass is 32.2. The van der Waals surface area contributed by atoms with Gasteiger partial charge >= 0.3 is 0 Å². The summed E-state index contributed by atoms with van der Waals surface area (Å²) in [5.74, 6) is 1.09. The molecule has 0 bridgehead atoms. The van der Waals surface area contributed by atoms with Crippen LogP contribution in [0.4, 0.5) is 0 Å². The quantitative estimate of drug-likeness (QED) is 0.614. The van der Waals surface area contributed by atoms with E-state index in [0.717, 1.165) is 17.3 Å². The number of carbonyl (C=O) groups is 2. The van der Waals surface area contributed by atoms with Crippen LogP contribution >= 0.6 is 11.8 Å². The molecule has 30 heavy (non-hydrogen) atoms. The van der Waals surface area contributed by atoms with E-state index in [1.165, 1.54) is 19.1 Å². The molecule has 0 fully saturated rings. The molecule has 0 spiro atoms. The number of aliphatic hydroxyl groups is 1. The summed E-state index contributed by atoms with van der Waals surface area (Å²) in [6.45, 7) is -0.0234. The van der Waals surface area contributed by atoms with Crippen LogP contribution in [0.25, 0.3) is 5.57 Å². The molecule has 0 atom stereocenters.